The van der Waals surface area contributed by atoms with Crippen molar-refractivity contribution < 1.29 is 0 Å². The van der Waals surface area contributed by atoms with Gasteiger partial charge in [0.05, 0.1) is 0 Å². The van der Waals surface area contributed by atoms with Gasteiger partial charge in [0.2, 0.25) is 0 Å². The lowest BCUT2D eigenvalue weighted by atomic mass is 10.1. The summed E-state index contributed by atoms with van der Waals surface area (Å²) in [5.74, 6) is 2.60. The zero-order valence-electron chi connectivity index (χ0n) is 8.62. The van der Waals surface area contributed by atoms with E-state index in [-0.39, 0.29) is 12.1 Å². The van der Waals surface area contributed by atoms with Crippen LogP contribution in [0.4, 0.5) is 5.69 Å². The normalized spacial score (nSPS) is 14.1. The molecule has 1 aromatic rings. The van der Waals surface area contributed by atoms with E-state index in [9.17, 15) is 0 Å². The SMILES string of the molecule is C#Cc1cccc(NC(C)C(C)N)c1. The lowest BCUT2D eigenvalue weighted by Crippen LogP contribution is -2.35. The molecule has 3 N–H and O–H groups in total. The van der Waals surface area contributed by atoms with Gasteiger partial charge in [0.1, 0.15) is 0 Å². The van der Waals surface area contributed by atoms with Gasteiger partial charge in [0.25, 0.3) is 0 Å². The molecule has 0 saturated heterocycles. The van der Waals surface area contributed by atoms with E-state index < -0.39 is 0 Å². The Balaban J connectivity index is 2.73. The Bertz CT molecular complexity index is 336. The van der Waals surface area contributed by atoms with Gasteiger partial charge in [-0.2, -0.15) is 0 Å². The highest BCUT2D eigenvalue weighted by Crippen LogP contribution is 2.11. The fraction of sp³-hybridized carbons (Fsp3) is 0.333. The largest absolute Gasteiger partial charge is 0.381 e. The summed E-state index contributed by atoms with van der Waals surface area (Å²) in [6.45, 7) is 4.02. The molecule has 0 aliphatic rings. The first kappa shape index (κ1) is 10.6. The van der Waals surface area contributed by atoms with Gasteiger partial charge < -0.3 is 11.1 Å². The van der Waals surface area contributed by atoms with Crippen LogP contribution in [0.3, 0.4) is 0 Å². The van der Waals surface area contributed by atoms with Crippen LogP contribution in [0.5, 0.6) is 0 Å². The number of hydrogen-bond donors (Lipinski definition) is 2. The van der Waals surface area contributed by atoms with E-state index >= 15 is 0 Å². The number of hydrogen-bond acceptors (Lipinski definition) is 2. The zero-order chi connectivity index (χ0) is 10.6. The second kappa shape index (κ2) is 4.69. The van der Waals surface area contributed by atoms with Gasteiger partial charge in [-0.05, 0) is 32.0 Å². The smallest absolute Gasteiger partial charge is 0.0381 e. The number of terminal acetylenes is 1. The molecule has 1 rings (SSSR count). The second-order valence-electron chi connectivity index (χ2n) is 3.52. The maximum atomic E-state index is 5.75. The third-order valence-corrected chi connectivity index (χ3v) is 2.21. The second-order valence-corrected chi connectivity index (χ2v) is 3.52. The van der Waals surface area contributed by atoms with Crippen molar-refractivity contribution in [2.24, 2.45) is 5.73 Å². The third kappa shape index (κ3) is 2.79. The number of benzene rings is 1. The van der Waals surface area contributed by atoms with Gasteiger partial charge in [-0.25, -0.2) is 0 Å². The summed E-state index contributed by atoms with van der Waals surface area (Å²) in [5, 5.41) is 3.30. The Labute approximate surface area is 85.5 Å². The van der Waals surface area contributed by atoms with Crippen molar-refractivity contribution in [3.8, 4) is 12.3 Å². The summed E-state index contributed by atoms with van der Waals surface area (Å²) in [4.78, 5) is 0. The molecule has 2 atom stereocenters. The average Bonchev–Trinajstić information content (AvgIpc) is 2.18. The summed E-state index contributed by atoms with van der Waals surface area (Å²) in [5.41, 5.74) is 7.65. The first-order valence-corrected chi connectivity index (χ1v) is 4.72. The van der Waals surface area contributed by atoms with E-state index in [0.29, 0.717) is 0 Å². The third-order valence-electron chi connectivity index (χ3n) is 2.21. The van der Waals surface area contributed by atoms with Crippen molar-refractivity contribution in [3.63, 3.8) is 0 Å². The van der Waals surface area contributed by atoms with Crippen LogP contribution in [0.2, 0.25) is 0 Å². The standard InChI is InChI=1S/C12H16N2/c1-4-11-6-5-7-12(8-11)14-10(3)9(2)13/h1,5-10,14H,13H2,2-3H3. The molecule has 0 heterocycles. The van der Waals surface area contributed by atoms with Crippen molar-refractivity contribution >= 4 is 5.69 Å². The van der Waals surface area contributed by atoms with Crippen molar-refractivity contribution in [1.82, 2.24) is 0 Å². The van der Waals surface area contributed by atoms with Crippen LogP contribution in [-0.2, 0) is 0 Å². The quantitative estimate of drug-likeness (QED) is 0.710. The summed E-state index contributed by atoms with van der Waals surface area (Å²) in [6, 6.07) is 8.12. The van der Waals surface area contributed by atoms with E-state index in [1.807, 2.05) is 38.1 Å². The molecule has 2 heteroatoms. The molecular formula is C12H16N2. The molecule has 0 radical (unpaired) electrons. The Hall–Kier alpha value is -1.46. The van der Waals surface area contributed by atoms with Crippen LogP contribution in [0, 0.1) is 12.3 Å². The molecule has 0 aliphatic heterocycles. The molecule has 0 saturated carbocycles. The summed E-state index contributed by atoms with van der Waals surface area (Å²) in [7, 11) is 0. The van der Waals surface area contributed by atoms with E-state index in [1.165, 1.54) is 0 Å². The van der Waals surface area contributed by atoms with Crippen LogP contribution < -0.4 is 11.1 Å². The average molecular weight is 188 g/mol. The Morgan fingerprint density at radius 3 is 2.71 bits per heavy atom. The monoisotopic (exact) mass is 188 g/mol. The fourth-order valence-electron chi connectivity index (χ4n) is 1.09. The van der Waals surface area contributed by atoms with Crippen LogP contribution in [-0.4, -0.2) is 12.1 Å². The molecule has 0 spiro atoms. The molecule has 2 nitrogen and oxygen atoms in total. The van der Waals surface area contributed by atoms with E-state index in [1.54, 1.807) is 0 Å². The highest BCUT2D eigenvalue weighted by atomic mass is 14.9. The molecule has 2 unspecified atom stereocenters. The van der Waals surface area contributed by atoms with Gasteiger partial charge in [-0.15, -0.1) is 6.42 Å². The zero-order valence-corrected chi connectivity index (χ0v) is 8.62. The summed E-state index contributed by atoms with van der Waals surface area (Å²) in [6.07, 6.45) is 5.31. The van der Waals surface area contributed by atoms with E-state index in [0.717, 1.165) is 11.3 Å². The fourth-order valence-corrected chi connectivity index (χ4v) is 1.09. The van der Waals surface area contributed by atoms with E-state index in [2.05, 4.69) is 11.2 Å². The van der Waals surface area contributed by atoms with Crippen molar-refractivity contribution in [2.75, 3.05) is 5.32 Å². The molecule has 74 valence electrons. The Morgan fingerprint density at radius 1 is 1.43 bits per heavy atom. The van der Waals surface area contributed by atoms with E-state index in [4.69, 9.17) is 12.2 Å². The molecule has 1 aromatic carbocycles. The van der Waals surface area contributed by atoms with Crippen LogP contribution >= 0.6 is 0 Å². The minimum atomic E-state index is 0.115. The predicted octanol–water partition coefficient (Wildman–Crippen LogP) is 1.82. The van der Waals surface area contributed by atoms with Gasteiger partial charge in [-0.3, -0.25) is 0 Å². The predicted molar refractivity (Wildman–Crippen MR) is 61.1 cm³/mol. The maximum Gasteiger partial charge on any atom is 0.0381 e. The number of anilines is 1. The van der Waals surface area contributed by atoms with Crippen LogP contribution in [0.1, 0.15) is 19.4 Å². The van der Waals surface area contributed by atoms with Gasteiger partial charge in [-0.1, -0.05) is 12.0 Å². The van der Waals surface area contributed by atoms with Gasteiger partial charge in [0, 0.05) is 23.3 Å². The topological polar surface area (TPSA) is 38.0 Å². The molecule has 0 fully saturated rings. The highest BCUT2D eigenvalue weighted by Gasteiger charge is 2.06. The molecule has 14 heavy (non-hydrogen) atoms. The number of rotatable bonds is 3. The highest BCUT2D eigenvalue weighted by molar-refractivity contribution is 5.50. The first-order valence-electron chi connectivity index (χ1n) is 4.72. The first-order chi connectivity index (χ1) is 6.63. The number of nitrogens with two attached hydrogens (primary N) is 1. The molecule has 0 amide bonds. The lowest BCUT2D eigenvalue weighted by Gasteiger charge is -2.18. The molecular weight excluding hydrogens is 172 g/mol. The Kier molecular flexibility index (Phi) is 3.55. The van der Waals surface area contributed by atoms with Gasteiger partial charge >= 0.3 is 0 Å². The lowest BCUT2D eigenvalue weighted by molar-refractivity contribution is 0.638. The maximum absolute atomic E-state index is 5.75. The molecule has 0 aromatic heterocycles. The minimum Gasteiger partial charge on any atom is -0.381 e. The van der Waals surface area contributed by atoms with Crippen LogP contribution in [0.25, 0.3) is 0 Å². The minimum absolute atomic E-state index is 0.115. The van der Waals surface area contributed by atoms with Gasteiger partial charge in [0.15, 0.2) is 0 Å². The van der Waals surface area contributed by atoms with Crippen molar-refractivity contribution in [1.29, 1.82) is 0 Å². The Morgan fingerprint density at radius 2 is 2.14 bits per heavy atom. The summed E-state index contributed by atoms with van der Waals surface area (Å²) < 4.78 is 0. The molecule has 0 bridgehead atoms. The van der Waals surface area contributed by atoms with Crippen molar-refractivity contribution in [2.45, 2.75) is 25.9 Å². The summed E-state index contributed by atoms with van der Waals surface area (Å²) >= 11 is 0. The van der Waals surface area contributed by atoms with Crippen molar-refractivity contribution in [3.05, 3.63) is 29.8 Å². The number of nitrogens with one attached hydrogen (secondary N) is 1. The van der Waals surface area contributed by atoms with Crippen LogP contribution in [0.15, 0.2) is 24.3 Å². The molecule has 0 aliphatic carbocycles.